The summed E-state index contributed by atoms with van der Waals surface area (Å²) < 4.78 is 28.9. The number of hydrogen-bond acceptors (Lipinski definition) is 5. The molecule has 0 amide bonds. The predicted molar refractivity (Wildman–Crippen MR) is 81.9 cm³/mol. The molecule has 0 aliphatic heterocycles. The number of nitriles is 1. The van der Waals surface area contributed by atoms with E-state index < -0.39 is 10.0 Å². The van der Waals surface area contributed by atoms with E-state index in [1.54, 1.807) is 42.5 Å². The molecule has 2 aromatic carbocycles. The molecular formula is C15H13N3O3S. The zero-order valence-corrected chi connectivity index (χ0v) is 12.3. The monoisotopic (exact) mass is 315 g/mol. The average Bonchev–Trinajstić information content (AvgIpc) is 2.55. The third kappa shape index (κ3) is 4.33. The molecule has 0 unspecified atom stereocenters. The summed E-state index contributed by atoms with van der Waals surface area (Å²) in [7, 11) is -3.66. The van der Waals surface area contributed by atoms with Crippen LogP contribution in [0.5, 0.6) is 5.75 Å². The molecule has 0 spiro atoms. The standard InChI is InChI=1S/C15H13N3O3S/c16-10-11-21-14-8-6-13(7-9-14)12-17-18-22(19,20)15-4-2-1-3-5-15/h1-9,12,18H,11H2. The fourth-order valence-electron chi connectivity index (χ4n) is 1.59. The van der Waals surface area contributed by atoms with Crippen LogP contribution in [0.3, 0.4) is 0 Å². The normalized spacial score (nSPS) is 11.0. The van der Waals surface area contributed by atoms with Crippen molar-refractivity contribution in [3.8, 4) is 11.8 Å². The second-order valence-electron chi connectivity index (χ2n) is 4.18. The van der Waals surface area contributed by atoms with Crippen molar-refractivity contribution in [3.63, 3.8) is 0 Å². The van der Waals surface area contributed by atoms with Gasteiger partial charge in [0.05, 0.1) is 11.1 Å². The van der Waals surface area contributed by atoms with Gasteiger partial charge < -0.3 is 4.74 Å². The Bertz CT molecular complexity index is 779. The Hall–Kier alpha value is -2.85. The Labute approximate surface area is 128 Å². The van der Waals surface area contributed by atoms with Crippen molar-refractivity contribution in [3.05, 3.63) is 60.2 Å². The van der Waals surface area contributed by atoms with Gasteiger partial charge in [0.2, 0.25) is 0 Å². The fourth-order valence-corrected chi connectivity index (χ4v) is 2.40. The van der Waals surface area contributed by atoms with Crippen LogP contribution in [0.2, 0.25) is 0 Å². The number of sulfonamides is 1. The lowest BCUT2D eigenvalue weighted by molar-refractivity contribution is 0.368. The molecule has 7 heteroatoms. The van der Waals surface area contributed by atoms with Crippen molar-refractivity contribution < 1.29 is 13.2 Å². The largest absolute Gasteiger partial charge is 0.479 e. The first kappa shape index (κ1) is 15.5. The van der Waals surface area contributed by atoms with Crippen LogP contribution in [0.1, 0.15) is 5.56 Å². The smallest absolute Gasteiger partial charge is 0.276 e. The zero-order valence-electron chi connectivity index (χ0n) is 11.5. The quantitative estimate of drug-likeness (QED) is 0.651. The highest BCUT2D eigenvalue weighted by molar-refractivity contribution is 7.89. The first-order valence-corrected chi connectivity index (χ1v) is 7.80. The van der Waals surface area contributed by atoms with Crippen LogP contribution in [0.4, 0.5) is 0 Å². The van der Waals surface area contributed by atoms with Crippen molar-refractivity contribution in [2.45, 2.75) is 4.90 Å². The molecule has 0 atom stereocenters. The van der Waals surface area contributed by atoms with Crippen LogP contribution in [-0.4, -0.2) is 21.2 Å². The van der Waals surface area contributed by atoms with Gasteiger partial charge in [0.1, 0.15) is 11.8 Å². The number of hydrazone groups is 1. The van der Waals surface area contributed by atoms with Gasteiger partial charge in [-0.1, -0.05) is 18.2 Å². The molecule has 0 heterocycles. The lowest BCUT2D eigenvalue weighted by atomic mass is 10.2. The maximum Gasteiger partial charge on any atom is 0.276 e. The third-order valence-electron chi connectivity index (χ3n) is 2.62. The van der Waals surface area contributed by atoms with E-state index in [2.05, 4.69) is 9.93 Å². The molecule has 0 saturated heterocycles. The molecule has 6 nitrogen and oxygen atoms in total. The summed E-state index contributed by atoms with van der Waals surface area (Å²) >= 11 is 0. The molecule has 0 radical (unpaired) electrons. The van der Waals surface area contributed by atoms with Gasteiger partial charge in [-0.15, -0.1) is 0 Å². The Balaban J connectivity index is 1.99. The minimum absolute atomic E-state index is 0.0235. The SMILES string of the molecule is N#CCOc1ccc(C=NNS(=O)(=O)c2ccccc2)cc1. The fraction of sp³-hybridized carbons (Fsp3) is 0.0667. The summed E-state index contributed by atoms with van der Waals surface area (Å²) in [4.78, 5) is 2.29. The highest BCUT2D eigenvalue weighted by Gasteiger charge is 2.10. The molecular weight excluding hydrogens is 302 g/mol. The summed E-state index contributed by atoms with van der Waals surface area (Å²) in [6.45, 7) is -0.0235. The van der Waals surface area contributed by atoms with E-state index in [1.807, 2.05) is 6.07 Å². The number of benzene rings is 2. The Morgan fingerprint density at radius 1 is 1.14 bits per heavy atom. The van der Waals surface area contributed by atoms with Crippen molar-refractivity contribution in [1.82, 2.24) is 4.83 Å². The molecule has 0 saturated carbocycles. The second kappa shape index (κ2) is 7.24. The van der Waals surface area contributed by atoms with Gasteiger partial charge in [-0.2, -0.15) is 18.8 Å². The first-order chi connectivity index (χ1) is 10.6. The summed E-state index contributed by atoms with van der Waals surface area (Å²) in [5, 5.41) is 12.1. The molecule has 0 bridgehead atoms. The number of ether oxygens (including phenoxy) is 1. The lowest BCUT2D eigenvalue weighted by Gasteiger charge is -2.03. The molecule has 0 aliphatic rings. The number of nitrogens with zero attached hydrogens (tertiary/aromatic N) is 2. The van der Waals surface area contributed by atoms with Crippen LogP contribution < -0.4 is 9.57 Å². The maximum absolute atomic E-state index is 11.9. The molecule has 0 fully saturated rings. The van der Waals surface area contributed by atoms with Gasteiger partial charge in [0.15, 0.2) is 6.61 Å². The average molecular weight is 315 g/mol. The number of hydrogen-bond donors (Lipinski definition) is 1. The minimum Gasteiger partial charge on any atom is -0.479 e. The van der Waals surface area contributed by atoms with Gasteiger partial charge >= 0.3 is 0 Å². The van der Waals surface area contributed by atoms with Crippen LogP contribution in [0.25, 0.3) is 0 Å². The predicted octanol–water partition coefficient (Wildman–Crippen LogP) is 1.90. The number of rotatable bonds is 6. The molecule has 0 aromatic heterocycles. The van der Waals surface area contributed by atoms with Gasteiger partial charge in [-0.05, 0) is 42.0 Å². The van der Waals surface area contributed by atoms with Gasteiger partial charge in [-0.3, -0.25) is 0 Å². The Morgan fingerprint density at radius 2 is 1.82 bits per heavy atom. The molecule has 2 aromatic rings. The van der Waals surface area contributed by atoms with Crippen molar-refractivity contribution in [2.24, 2.45) is 5.10 Å². The van der Waals surface area contributed by atoms with Crippen molar-refractivity contribution in [1.29, 1.82) is 5.26 Å². The van der Waals surface area contributed by atoms with Crippen LogP contribution in [-0.2, 0) is 10.0 Å². The van der Waals surface area contributed by atoms with Crippen LogP contribution >= 0.6 is 0 Å². The number of nitrogens with one attached hydrogen (secondary N) is 1. The molecule has 112 valence electrons. The van der Waals surface area contributed by atoms with E-state index in [-0.39, 0.29) is 11.5 Å². The van der Waals surface area contributed by atoms with E-state index in [1.165, 1.54) is 18.3 Å². The summed E-state index contributed by atoms with van der Waals surface area (Å²) in [6.07, 6.45) is 1.38. The minimum atomic E-state index is -3.66. The third-order valence-corrected chi connectivity index (χ3v) is 3.86. The highest BCUT2D eigenvalue weighted by Crippen LogP contribution is 2.11. The van der Waals surface area contributed by atoms with E-state index in [9.17, 15) is 8.42 Å². The molecule has 0 aliphatic carbocycles. The van der Waals surface area contributed by atoms with E-state index in [0.29, 0.717) is 11.3 Å². The van der Waals surface area contributed by atoms with E-state index in [4.69, 9.17) is 10.00 Å². The van der Waals surface area contributed by atoms with Crippen molar-refractivity contribution >= 4 is 16.2 Å². The van der Waals surface area contributed by atoms with E-state index in [0.717, 1.165) is 0 Å². The van der Waals surface area contributed by atoms with Gasteiger partial charge in [0, 0.05) is 0 Å². The molecule has 2 rings (SSSR count). The second-order valence-corrected chi connectivity index (χ2v) is 5.84. The Morgan fingerprint density at radius 3 is 2.45 bits per heavy atom. The van der Waals surface area contributed by atoms with Crippen LogP contribution in [0.15, 0.2) is 64.6 Å². The van der Waals surface area contributed by atoms with Crippen molar-refractivity contribution in [2.75, 3.05) is 6.61 Å². The maximum atomic E-state index is 11.9. The van der Waals surface area contributed by atoms with Gasteiger partial charge in [-0.25, -0.2) is 4.83 Å². The first-order valence-electron chi connectivity index (χ1n) is 6.31. The zero-order chi connectivity index (χ0) is 15.8. The summed E-state index contributed by atoms with van der Waals surface area (Å²) in [6, 6.07) is 16.6. The summed E-state index contributed by atoms with van der Waals surface area (Å²) in [5.74, 6) is 0.559. The topological polar surface area (TPSA) is 91.5 Å². The van der Waals surface area contributed by atoms with Crippen LogP contribution in [0, 0.1) is 11.3 Å². The summed E-state index contributed by atoms with van der Waals surface area (Å²) in [5.41, 5.74) is 0.695. The Kier molecular flexibility index (Phi) is 5.11. The molecule has 1 N–H and O–H groups in total. The molecule has 22 heavy (non-hydrogen) atoms. The highest BCUT2D eigenvalue weighted by atomic mass is 32.2. The lowest BCUT2D eigenvalue weighted by Crippen LogP contribution is -2.18. The van der Waals surface area contributed by atoms with Gasteiger partial charge in [0.25, 0.3) is 10.0 Å². The van der Waals surface area contributed by atoms with E-state index >= 15 is 0 Å².